The van der Waals surface area contributed by atoms with Gasteiger partial charge >= 0.3 is 5.97 Å². The second kappa shape index (κ2) is 9.29. The molecule has 1 heterocycles. The molecule has 28 heavy (non-hydrogen) atoms. The third-order valence-corrected chi connectivity index (χ3v) is 4.92. The Morgan fingerprint density at radius 2 is 1.96 bits per heavy atom. The van der Waals surface area contributed by atoms with Crippen molar-refractivity contribution in [3.63, 3.8) is 0 Å². The first-order chi connectivity index (χ1) is 13.6. The molecule has 0 fully saturated rings. The summed E-state index contributed by atoms with van der Waals surface area (Å²) < 4.78 is 11.5. The van der Waals surface area contributed by atoms with Crippen LogP contribution in [0.1, 0.15) is 25.6 Å². The monoisotopic (exact) mass is 458 g/mol. The fraction of sp³-hybridized carbons (Fsp3) is 0.0500. The van der Waals surface area contributed by atoms with Gasteiger partial charge in [-0.15, -0.1) is 11.3 Å². The maximum Gasteiger partial charge on any atom is 0.353 e. The molecule has 0 bridgehead atoms. The first-order valence-corrected chi connectivity index (χ1v) is 9.77. The summed E-state index contributed by atoms with van der Waals surface area (Å²) in [5.74, 6) is -0.0922. The van der Waals surface area contributed by atoms with Gasteiger partial charge in [0.1, 0.15) is 4.88 Å². The largest absolute Gasteiger partial charge is 0.493 e. The Bertz CT molecular complexity index is 1020. The maximum absolute atomic E-state index is 12.1. The topological polar surface area (TPSA) is 77.0 Å². The van der Waals surface area contributed by atoms with Crippen molar-refractivity contribution in [1.82, 2.24) is 5.43 Å². The molecular weight excluding hydrogens is 444 g/mol. The molecule has 2 aromatic carbocycles. The minimum Gasteiger partial charge on any atom is -0.493 e. The van der Waals surface area contributed by atoms with Crippen molar-refractivity contribution in [2.75, 3.05) is 7.11 Å². The SMILES string of the molecule is COc1cc(C=NNC(=O)c2cccc(Br)c2)ccc1OC(=O)c1cccs1. The second-order valence-electron chi connectivity index (χ2n) is 5.49. The fourth-order valence-electron chi connectivity index (χ4n) is 2.25. The van der Waals surface area contributed by atoms with E-state index in [1.807, 2.05) is 6.07 Å². The molecule has 8 heteroatoms. The molecule has 1 aromatic heterocycles. The van der Waals surface area contributed by atoms with Gasteiger partial charge in [0, 0.05) is 10.0 Å². The molecule has 6 nitrogen and oxygen atoms in total. The molecule has 0 aliphatic rings. The van der Waals surface area contributed by atoms with Gasteiger partial charge < -0.3 is 9.47 Å². The maximum atomic E-state index is 12.1. The predicted octanol–water partition coefficient (Wildman–Crippen LogP) is 4.50. The van der Waals surface area contributed by atoms with E-state index in [0.717, 1.165) is 4.47 Å². The normalized spacial score (nSPS) is 10.6. The lowest BCUT2D eigenvalue weighted by Crippen LogP contribution is -2.17. The summed E-state index contributed by atoms with van der Waals surface area (Å²) in [6.45, 7) is 0. The van der Waals surface area contributed by atoms with Crippen molar-refractivity contribution in [2.24, 2.45) is 5.10 Å². The molecule has 142 valence electrons. The number of esters is 1. The van der Waals surface area contributed by atoms with Crippen LogP contribution in [0.15, 0.2) is 69.6 Å². The van der Waals surface area contributed by atoms with Gasteiger partial charge in [0.15, 0.2) is 11.5 Å². The molecule has 0 saturated heterocycles. The van der Waals surface area contributed by atoms with Crippen molar-refractivity contribution in [3.8, 4) is 11.5 Å². The summed E-state index contributed by atoms with van der Waals surface area (Å²) in [4.78, 5) is 24.7. The van der Waals surface area contributed by atoms with E-state index >= 15 is 0 Å². The number of halogens is 1. The molecule has 0 atom stereocenters. The van der Waals surface area contributed by atoms with Crippen molar-refractivity contribution >= 4 is 45.4 Å². The number of amides is 1. The molecular formula is C20H15BrN2O4S. The van der Waals surface area contributed by atoms with E-state index < -0.39 is 5.97 Å². The highest BCUT2D eigenvalue weighted by Crippen LogP contribution is 2.28. The minimum absolute atomic E-state index is 0.302. The number of hydrazone groups is 1. The average molecular weight is 459 g/mol. The van der Waals surface area contributed by atoms with Crippen LogP contribution < -0.4 is 14.9 Å². The summed E-state index contributed by atoms with van der Waals surface area (Å²) in [7, 11) is 1.48. The quantitative estimate of drug-likeness (QED) is 0.255. The number of ether oxygens (including phenoxy) is 2. The van der Waals surface area contributed by atoms with Gasteiger partial charge in [-0.25, -0.2) is 10.2 Å². The van der Waals surface area contributed by atoms with Gasteiger partial charge in [0.2, 0.25) is 0 Å². The Morgan fingerprint density at radius 1 is 1.11 bits per heavy atom. The van der Waals surface area contributed by atoms with Crippen molar-refractivity contribution < 1.29 is 19.1 Å². The summed E-state index contributed by atoms with van der Waals surface area (Å²) in [6.07, 6.45) is 1.48. The van der Waals surface area contributed by atoms with E-state index in [0.29, 0.717) is 27.5 Å². The highest BCUT2D eigenvalue weighted by atomic mass is 79.9. The molecule has 0 aliphatic carbocycles. The first kappa shape index (κ1) is 19.8. The molecule has 0 saturated carbocycles. The number of carbonyl (C=O) groups is 2. The second-order valence-corrected chi connectivity index (χ2v) is 7.35. The summed E-state index contributed by atoms with van der Waals surface area (Å²) in [5, 5.41) is 5.75. The third-order valence-electron chi connectivity index (χ3n) is 3.58. The van der Waals surface area contributed by atoms with E-state index in [1.54, 1.807) is 53.9 Å². The lowest BCUT2D eigenvalue weighted by molar-refractivity contribution is 0.0734. The Kier molecular flexibility index (Phi) is 6.57. The number of thiophene rings is 1. The van der Waals surface area contributed by atoms with Gasteiger partial charge in [-0.05, 0) is 53.4 Å². The molecule has 1 amide bonds. The highest BCUT2D eigenvalue weighted by molar-refractivity contribution is 9.10. The van der Waals surface area contributed by atoms with Gasteiger partial charge in [-0.3, -0.25) is 4.79 Å². The van der Waals surface area contributed by atoms with Crippen molar-refractivity contribution in [2.45, 2.75) is 0 Å². The average Bonchev–Trinajstić information content (AvgIpc) is 3.24. The van der Waals surface area contributed by atoms with Gasteiger partial charge in [0.05, 0.1) is 13.3 Å². The molecule has 0 aliphatic heterocycles. The van der Waals surface area contributed by atoms with E-state index in [1.165, 1.54) is 24.7 Å². The zero-order valence-electron chi connectivity index (χ0n) is 14.7. The number of nitrogens with one attached hydrogen (secondary N) is 1. The van der Waals surface area contributed by atoms with Gasteiger partial charge in [-0.2, -0.15) is 5.10 Å². The number of hydrogen-bond acceptors (Lipinski definition) is 6. The fourth-order valence-corrected chi connectivity index (χ4v) is 3.25. The van der Waals surface area contributed by atoms with E-state index in [2.05, 4.69) is 26.5 Å². The zero-order valence-corrected chi connectivity index (χ0v) is 17.1. The number of rotatable bonds is 6. The molecule has 3 aromatic rings. The van der Waals surface area contributed by atoms with E-state index in [9.17, 15) is 9.59 Å². The van der Waals surface area contributed by atoms with E-state index in [4.69, 9.17) is 9.47 Å². The third kappa shape index (κ3) is 5.05. The first-order valence-electron chi connectivity index (χ1n) is 8.09. The van der Waals surface area contributed by atoms with Crippen LogP contribution in [0.5, 0.6) is 11.5 Å². The predicted molar refractivity (Wildman–Crippen MR) is 111 cm³/mol. The van der Waals surface area contributed by atoms with Crippen molar-refractivity contribution in [1.29, 1.82) is 0 Å². The molecule has 0 radical (unpaired) electrons. The van der Waals surface area contributed by atoms with Crippen molar-refractivity contribution in [3.05, 3.63) is 80.5 Å². The van der Waals surface area contributed by atoms with Crippen LogP contribution in [0, 0.1) is 0 Å². The van der Waals surface area contributed by atoms with E-state index in [-0.39, 0.29) is 5.91 Å². The number of benzene rings is 2. The van der Waals surface area contributed by atoms with Crippen LogP contribution in [0.3, 0.4) is 0 Å². The van der Waals surface area contributed by atoms with Gasteiger partial charge in [-0.1, -0.05) is 28.1 Å². The minimum atomic E-state index is -0.448. The lowest BCUT2D eigenvalue weighted by atomic mass is 10.2. The standard InChI is InChI=1S/C20H15BrN2O4S/c1-26-17-10-13(7-8-16(17)27-20(25)18-6-3-9-28-18)12-22-23-19(24)14-4-2-5-15(21)11-14/h2-12H,1H3,(H,23,24). The molecule has 0 unspecified atom stereocenters. The van der Waals surface area contributed by atoms with Crippen LogP contribution in [-0.2, 0) is 0 Å². The van der Waals surface area contributed by atoms with Gasteiger partial charge in [0.25, 0.3) is 5.91 Å². The summed E-state index contributed by atoms with van der Waals surface area (Å²) in [5.41, 5.74) is 3.62. The molecule has 0 spiro atoms. The van der Waals surface area contributed by atoms with Crippen LogP contribution in [0.25, 0.3) is 0 Å². The Balaban J connectivity index is 1.67. The van der Waals surface area contributed by atoms with Crippen LogP contribution >= 0.6 is 27.3 Å². The summed E-state index contributed by atoms with van der Waals surface area (Å²) >= 11 is 4.62. The number of hydrogen-bond donors (Lipinski definition) is 1. The molecule has 1 N–H and O–H groups in total. The number of methoxy groups -OCH3 is 1. The van der Waals surface area contributed by atoms with Crippen LogP contribution in [0.4, 0.5) is 0 Å². The number of carbonyl (C=O) groups excluding carboxylic acids is 2. The Morgan fingerprint density at radius 3 is 2.68 bits per heavy atom. The summed E-state index contributed by atoms with van der Waals surface area (Å²) in [6, 6.07) is 15.4. The lowest BCUT2D eigenvalue weighted by Gasteiger charge is -2.09. The number of nitrogens with zero attached hydrogens (tertiary/aromatic N) is 1. The highest BCUT2D eigenvalue weighted by Gasteiger charge is 2.13. The smallest absolute Gasteiger partial charge is 0.353 e. The van der Waals surface area contributed by atoms with Crippen LogP contribution in [0.2, 0.25) is 0 Å². The zero-order chi connectivity index (χ0) is 19.9. The molecule has 3 rings (SSSR count). The Labute approximate surface area is 173 Å². The van der Waals surface area contributed by atoms with Crippen LogP contribution in [-0.4, -0.2) is 25.2 Å². The Hall–Kier alpha value is -2.97.